The van der Waals surface area contributed by atoms with Crippen molar-refractivity contribution in [2.24, 2.45) is 0 Å². The standard InChI is InChI=1S/C9H6.2ClH.Os/c1-2-5-9-7-3-6-8(9)4-1;;;/h1-6H;2*1H;/q;;;+2/p-2. The third-order valence-electron chi connectivity index (χ3n) is 1.76. The van der Waals surface area contributed by atoms with Gasteiger partial charge < -0.3 is 0 Å². The van der Waals surface area contributed by atoms with Gasteiger partial charge in [-0.1, -0.05) is 0 Å². The van der Waals surface area contributed by atoms with Crippen LogP contribution in [-0.4, -0.2) is 4.07 Å². The Hall–Kier alpha value is 0.0464. The molecule has 2 rings (SSSR count). The average molecular weight is 375 g/mol. The first-order chi connectivity index (χ1) is 5.79. The van der Waals surface area contributed by atoms with Crippen LogP contribution in [0.1, 0.15) is 11.1 Å². The SMILES string of the molecule is [Cl][Os]([Cl])=[C]1C=Cc2ccccc21. The van der Waals surface area contributed by atoms with Crippen LogP contribution in [0.25, 0.3) is 6.08 Å². The predicted molar refractivity (Wildman–Crippen MR) is 51.3 cm³/mol. The van der Waals surface area contributed by atoms with Gasteiger partial charge in [0.15, 0.2) is 0 Å². The van der Waals surface area contributed by atoms with Crippen LogP contribution >= 0.6 is 19.3 Å². The van der Waals surface area contributed by atoms with Crippen molar-refractivity contribution < 1.29 is 13.8 Å². The third-order valence-corrected chi connectivity index (χ3v) is 6.26. The quantitative estimate of drug-likeness (QED) is 0.654. The van der Waals surface area contributed by atoms with Gasteiger partial charge in [-0.25, -0.2) is 0 Å². The van der Waals surface area contributed by atoms with Gasteiger partial charge in [-0.2, -0.15) is 0 Å². The number of rotatable bonds is 0. The Balaban J connectivity index is 2.64. The number of benzene rings is 1. The molecule has 0 N–H and O–H groups in total. The minimum atomic E-state index is -2.02. The zero-order valence-corrected chi connectivity index (χ0v) is 10.1. The van der Waals surface area contributed by atoms with E-state index in [0.29, 0.717) is 0 Å². The monoisotopic (exact) mass is 376 g/mol. The molecule has 0 saturated carbocycles. The van der Waals surface area contributed by atoms with Crippen molar-refractivity contribution in [3.8, 4) is 0 Å². The van der Waals surface area contributed by atoms with E-state index in [9.17, 15) is 0 Å². The first-order valence-electron chi connectivity index (χ1n) is 3.43. The number of hydrogen-bond acceptors (Lipinski definition) is 0. The molecule has 0 radical (unpaired) electrons. The topological polar surface area (TPSA) is 0 Å². The van der Waals surface area contributed by atoms with Crippen LogP contribution < -0.4 is 0 Å². The second-order valence-corrected chi connectivity index (χ2v) is 10.6. The maximum atomic E-state index is 5.96. The van der Waals surface area contributed by atoms with Crippen LogP contribution in [0.3, 0.4) is 0 Å². The van der Waals surface area contributed by atoms with Crippen molar-refractivity contribution in [3.63, 3.8) is 0 Å². The normalized spacial score (nSPS) is 14.8. The summed E-state index contributed by atoms with van der Waals surface area (Å²) in [4.78, 5) is 0. The Morgan fingerprint density at radius 1 is 1.00 bits per heavy atom. The van der Waals surface area contributed by atoms with Gasteiger partial charge in [0, 0.05) is 0 Å². The van der Waals surface area contributed by atoms with Crippen molar-refractivity contribution in [3.05, 3.63) is 41.5 Å². The summed E-state index contributed by atoms with van der Waals surface area (Å²) in [5.41, 5.74) is 2.46. The van der Waals surface area contributed by atoms with Crippen LogP contribution in [0, 0.1) is 0 Å². The summed E-state index contributed by atoms with van der Waals surface area (Å²) in [6, 6.07) is 8.19. The fourth-order valence-electron chi connectivity index (χ4n) is 1.22. The molecule has 0 unspecified atom stereocenters. The fourth-order valence-corrected chi connectivity index (χ4v) is 4.76. The summed E-state index contributed by atoms with van der Waals surface area (Å²) in [5.74, 6) is 0. The molecular weight excluding hydrogens is 369 g/mol. The molecule has 0 amide bonds. The maximum absolute atomic E-state index is 5.96. The molecule has 0 heterocycles. The Morgan fingerprint density at radius 3 is 2.50 bits per heavy atom. The third kappa shape index (κ3) is 1.42. The van der Waals surface area contributed by atoms with Gasteiger partial charge in [0.1, 0.15) is 0 Å². The van der Waals surface area contributed by atoms with Crippen LogP contribution in [-0.2, 0) is 13.8 Å². The molecule has 12 heavy (non-hydrogen) atoms. The number of fused-ring (bicyclic) bond motifs is 1. The van der Waals surface area contributed by atoms with E-state index in [0.717, 1.165) is 0 Å². The second kappa shape index (κ2) is 3.42. The molecule has 0 aliphatic heterocycles. The summed E-state index contributed by atoms with van der Waals surface area (Å²) < 4.78 is 1.17. The van der Waals surface area contributed by atoms with Crippen molar-refractivity contribution in [1.29, 1.82) is 0 Å². The molecule has 1 aromatic carbocycles. The Bertz CT molecular complexity index is 376. The summed E-state index contributed by atoms with van der Waals surface area (Å²) >= 11 is -2.02. The van der Waals surface area contributed by atoms with Crippen molar-refractivity contribution in [2.45, 2.75) is 0 Å². The van der Waals surface area contributed by atoms with Gasteiger partial charge in [0.2, 0.25) is 0 Å². The van der Waals surface area contributed by atoms with Gasteiger partial charge in [0.25, 0.3) is 0 Å². The molecule has 0 aromatic heterocycles. The van der Waals surface area contributed by atoms with E-state index < -0.39 is 13.8 Å². The number of halogens is 2. The molecule has 0 fully saturated rings. The van der Waals surface area contributed by atoms with Crippen LogP contribution in [0.5, 0.6) is 0 Å². The first-order valence-corrected chi connectivity index (χ1v) is 11.0. The van der Waals surface area contributed by atoms with Gasteiger partial charge in [-0.05, 0) is 0 Å². The summed E-state index contributed by atoms with van der Waals surface area (Å²) in [6.07, 6.45) is 4.12. The van der Waals surface area contributed by atoms with Crippen molar-refractivity contribution in [2.75, 3.05) is 0 Å². The molecule has 3 heteroatoms. The Kier molecular flexibility index (Phi) is 2.46. The first kappa shape index (κ1) is 8.64. The fraction of sp³-hybridized carbons (Fsp3) is 0. The van der Waals surface area contributed by atoms with E-state index in [-0.39, 0.29) is 0 Å². The van der Waals surface area contributed by atoms with Gasteiger partial charge in [0.05, 0.1) is 0 Å². The van der Waals surface area contributed by atoms with E-state index in [1.54, 1.807) is 0 Å². The summed E-state index contributed by atoms with van der Waals surface area (Å²) in [5, 5.41) is 0. The molecule has 1 aliphatic rings. The zero-order chi connectivity index (χ0) is 8.55. The Morgan fingerprint density at radius 2 is 1.75 bits per heavy atom. The van der Waals surface area contributed by atoms with Gasteiger partial charge in [-0.15, -0.1) is 0 Å². The van der Waals surface area contributed by atoms with Crippen molar-refractivity contribution >= 4 is 29.4 Å². The average Bonchev–Trinajstić information content (AvgIpc) is 2.47. The van der Waals surface area contributed by atoms with E-state index in [4.69, 9.17) is 19.3 Å². The van der Waals surface area contributed by atoms with Crippen molar-refractivity contribution in [1.82, 2.24) is 0 Å². The van der Waals surface area contributed by atoms with Crippen LogP contribution in [0.15, 0.2) is 30.3 Å². The number of allylic oxidation sites excluding steroid dienone is 1. The van der Waals surface area contributed by atoms with E-state index >= 15 is 0 Å². The summed E-state index contributed by atoms with van der Waals surface area (Å²) in [7, 11) is 11.9. The van der Waals surface area contributed by atoms with E-state index in [1.807, 2.05) is 18.2 Å². The van der Waals surface area contributed by atoms with E-state index in [2.05, 4.69) is 18.2 Å². The van der Waals surface area contributed by atoms with Gasteiger partial charge in [-0.3, -0.25) is 0 Å². The van der Waals surface area contributed by atoms with Gasteiger partial charge >= 0.3 is 84.6 Å². The van der Waals surface area contributed by atoms with Crippen LogP contribution in [0.4, 0.5) is 0 Å². The molecule has 64 valence electrons. The molecule has 0 atom stereocenters. The zero-order valence-electron chi connectivity index (χ0n) is 6.07. The molecule has 1 aromatic rings. The molecule has 0 bridgehead atoms. The summed E-state index contributed by atoms with van der Waals surface area (Å²) in [6.45, 7) is 0. The molecular formula is C9H6Cl2Os. The molecule has 1 aliphatic carbocycles. The predicted octanol–water partition coefficient (Wildman–Crippen LogP) is 3.16. The number of hydrogen-bond donors (Lipinski definition) is 0. The van der Waals surface area contributed by atoms with E-state index in [1.165, 1.54) is 15.2 Å². The second-order valence-electron chi connectivity index (χ2n) is 2.44. The molecule has 0 nitrogen and oxygen atoms in total. The van der Waals surface area contributed by atoms with Crippen LogP contribution in [0.2, 0.25) is 0 Å². The minimum absolute atomic E-state index is 1.17. The molecule has 0 saturated heterocycles. The Labute approximate surface area is 84.4 Å². The molecule has 0 spiro atoms.